The van der Waals surface area contributed by atoms with E-state index in [-0.39, 0.29) is 11.9 Å². The maximum absolute atomic E-state index is 12.2. The van der Waals surface area contributed by atoms with Crippen LogP contribution < -0.4 is 10.6 Å². The second-order valence-corrected chi connectivity index (χ2v) is 6.34. The summed E-state index contributed by atoms with van der Waals surface area (Å²) in [6.07, 6.45) is 5.13. The number of halogens is 1. The lowest BCUT2D eigenvalue weighted by Gasteiger charge is -2.28. The Bertz CT molecular complexity index is 446. The molecule has 0 unspecified atom stereocenters. The maximum Gasteiger partial charge on any atom is 0.282 e. The lowest BCUT2D eigenvalue weighted by Crippen LogP contribution is -2.97. The third-order valence-corrected chi connectivity index (χ3v) is 4.49. The minimum Gasteiger partial charge on any atom is -0.334 e. The van der Waals surface area contributed by atoms with Crippen molar-refractivity contribution < 1.29 is 10.1 Å². The molecule has 20 heavy (non-hydrogen) atoms. The van der Waals surface area contributed by atoms with Crippen LogP contribution in [-0.4, -0.2) is 18.0 Å². The van der Waals surface area contributed by atoms with Crippen molar-refractivity contribution in [1.29, 1.82) is 0 Å². The highest BCUT2D eigenvalue weighted by atomic mass is 35.5. The van der Waals surface area contributed by atoms with E-state index in [9.17, 15) is 4.79 Å². The summed E-state index contributed by atoms with van der Waals surface area (Å²) in [6.45, 7) is 4.27. The van der Waals surface area contributed by atoms with Crippen molar-refractivity contribution in [2.24, 2.45) is 5.92 Å². The standard InChI is InChI=1S/C16H23ClN2O/c1-11-5-3-4-6-15(11)18-12(2)16(20)19-14-9-7-13(17)8-10-14/h7-12,15,18H,3-6H2,1-2H3,(H,19,20)/p+1/t11-,12-,15-/m0/s1. The van der Waals surface area contributed by atoms with Crippen LogP contribution in [0, 0.1) is 5.92 Å². The molecule has 110 valence electrons. The number of quaternary nitrogens is 1. The van der Waals surface area contributed by atoms with Crippen molar-refractivity contribution in [3.05, 3.63) is 29.3 Å². The topological polar surface area (TPSA) is 45.7 Å². The van der Waals surface area contributed by atoms with Gasteiger partial charge in [-0.25, -0.2) is 0 Å². The number of benzene rings is 1. The zero-order valence-corrected chi connectivity index (χ0v) is 13.0. The van der Waals surface area contributed by atoms with Crippen molar-refractivity contribution >= 4 is 23.2 Å². The van der Waals surface area contributed by atoms with Gasteiger partial charge in [0.1, 0.15) is 0 Å². The van der Waals surface area contributed by atoms with Gasteiger partial charge in [0.05, 0.1) is 6.04 Å². The lowest BCUT2D eigenvalue weighted by molar-refractivity contribution is -0.714. The lowest BCUT2D eigenvalue weighted by atomic mass is 9.85. The molecule has 4 heteroatoms. The van der Waals surface area contributed by atoms with E-state index in [1.807, 2.05) is 19.1 Å². The third kappa shape index (κ3) is 4.22. The first kappa shape index (κ1) is 15.3. The minimum absolute atomic E-state index is 0.0590. The summed E-state index contributed by atoms with van der Waals surface area (Å²) in [5.41, 5.74) is 0.802. The van der Waals surface area contributed by atoms with Crippen LogP contribution in [0.5, 0.6) is 0 Å². The number of rotatable bonds is 4. The zero-order valence-electron chi connectivity index (χ0n) is 12.2. The van der Waals surface area contributed by atoms with Gasteiger partial charge in [-0.1, -0.05) is 24.9 Å². The summed E-state index contributed by atoms with van der Waals surface area (Å²) in [7, 11) is 0. The molecule has 0 aromatic heterocycles. The Balaban J connectivity index is 1.86. The Hall–Kier alpha value is -1.06. The van der Waals surface area contributed by atoms with Gasteiger partial charge in [0, 0.05) is 16.6 Å². The third-order valence-electron chi connectivity index (χ3n) is 4.24. The van der Waals surface area contributed by atoms with Crippen LogP contribution in [0.25, 0.3) is 0 Å². The van der Waals surface area contributed by atoms with Gasteiger partial charge < -0.3 is 10.6 Å². The van der Waals surface area contributed by atoms with Crippen molar-refractivity contribution in [1.82, 2.24) is 0 Å². The monoisotopic (exact) mass is 295 g/mol. The van der Waals surface area contributed by atoms with E-state index in [4.69, 9.17) is 11.6 Å². The molecule has 2 rings (SSSR count). The fourth-order valence-electron chi connectivity index (χ4n) is 2.88. The van der Waals surface area contributed by atoms with Crippen LogP contribution in [0.1, 0.15) is 39.5 Å². The van der Waals surface area contributed by atoms with Gasteiger partial charge in [0.15, 0.2) is 6.04 Å². The van der Waals surface area contributed by atoms with Gasteiger partial charge in [0.25, 0.3) is 5.91 Å². The quantitative estimate of drug-likeness (QED) is 0.881. The molecule has 1 amide bonds. The van der Waals surface area contributed by atoms with E-state index >= 15 is 0 Å². The molecule has 0 bridgehead atoms. The molecule has 3 N–H and O–H groups in total. The van der Waals surface area contributed by atoms with Crippen molar-refractivity contribution in [3.63, 3.8) is 0 Å². The predicted octanol–water partition coefficient (Wildman–Crippen LogP) is 2.81. The Morgan fingerprint density at radius 3 is 2.60 bits per heavy atom. The molecule has 1 aromatic carbocycles. The molecular weight excluding hydrogens is 272 g/mol. The SMILES string of the molecule is C[C@H]([NH2+][C@H]1CCCC[C@@H]1C)C(=O)Nc1ccc(Cl)cc1. The van der Waals surface area contributed by atoms with Gasteiger partial charge in [-0.15, -0.1) is 0 Å². The van der Waals surface area contributed by atoms with Crippen LogP contribution in [0.3, 0.4) is 0 Å². The molecule has 0 aliphatic heterocycles. The normalized spacial score (nSPS) is 24.1. The Kier molecular flexibility index (Phi) is 5.44. The Labute approximate surface area is 126 Å². The molecule has 1 fully saturated rings. The van der Waals surface area contributed by atoms with E-state index in [0.29, 0.717) is 17.0 Å². The van der Waals surface area contributed by atoms with Gasteiger partial charge in [-0.3, -0.25) is 4.79 Å². The molecule has 0 spiro atoms. The first-order valence-corrected chi connectivity index (χ1v) is 7.85. The van der Waals surface area contributed by atoms with Crippen LogP contribution in [-0.2, 0) is 4.79 Å². The van der Waals surface area contributed by atoms with E-state index in [1.165, 1.54) is 25.7 Å². The molecule has 3 nitrogen and oxygen atoms in total. The summed E-state index contributed by atoms with van der Waals surface area (Å²) in [5, 5.41) is 5.86. The van der Waals surface area contributed by atoms with Crippen LogP contribution in [0.15, 0.2) is 24.3 Å². The number of hydrogen-bond acceptors (Lipinski definition) is 1. The van der Waals surface area contributed by atoms with E-state index < -0.39 is 0 Å². The van der Waals surface area contributed by atoms with Crippen LogP contribution in [0.4, 0.5) is 5.69 Å². The summed E-state index contributed by atoms with van der Waals surface area (Å²) in [4.78, 5) is 12.2. The number of nitrogens with two attached hydrogens (primary N) is 1. The fourth-order valence-corrected chi connectivity index (χ4v) is 3.00. The first-order valence-electron chi connectivity index (χ1n) is 7.47. The average Bonchev–Trinajstić information content (AvgIpc) is 2.44. The highest BCUT2D eigenvalue weighted by Crippen LogP contribution is 2.21. The number of hydrogen-bond donors (Lipinski definition) is 2. The number of carbonyl (C=O) groups is 1. The summed E-state index contributed by atoms with van der Waals surface area (Å²) in [6, 6.07) is 7.75. The van der Waals surface area contributed by atoms with Crippen molar-refractivity contribution in [2.75, 3.05) is 5.32 Å². The number of carbonyl (C=O) groups excluding carboxylic acids is 1. The van der Waals surface area contributed by atoms with E-state index in [0.717, 1.165) is 5.69 Å². The fraction of sp³-hybridized carbons (Fsp3) is 0.562. The molecule has 3 atom stereocenters. The van der Waals surface area contributed by atoms with Gasteiger partial charge in [-0.2, -0.15) is 0 Å². The smallest absolute Gasteiger partial charge is 0.282 e. The van der Waals surface area contributed by atoms with Crippen molar-refractivity contribution in [3.8, 4) is 0 Å². The van der Waals surface area contributed by atoms with Gasteiger partial charge in [0.2, 0.25) is 0 Å². The summed E-state index contributed by atoms with van der Waals surface area (Å²) < 4.78 is 0. The van der Waals surface area contributed by atoms with Crippen LogP contribution in [0.2, 0.25) is 5.02 Å². The van der Waals surface area contributed by atoms with Crippen molar-refractivity contribution in [2.45, 2.75) is 51.6 Å². The molecule has 0 radical (unpaired) electrons. The molecule has 1 aromatic rings. The molecule has 1 saturated carbocycles. The number of amides is 1. The van der Waals surface area contributed by atoms with Gasteiger partial charge >= 0.3 is 0 Å². The second kappa shape index (κ2) is 7.09. The number of anilines is 1. The highest BCUT2D eigenvalue weighted by molar-refractivity contribution is 6.30. The molecule has 1 aliphatic carbocycles. The average molecular weight is 296 g/mol. The maximum atomic E-state index is 12.2. The number of nitrogens with one attached hydrogen (secondary N) is 1. The van der Waals surface area contributed by atoms with Gasteiger partial charge in [-0.05, 0) is 50.5 Å². The second-order valence-electron chi connectivity index (χ2n) is 5.90. The Morgan fingerprint density at radius 2 is 1.95 bits per heavy atom. The summed E-state index contributed by atoms with van der Waals surface area (Å²) in [5.74, 6) is 0.764. The first-order chi connectivity index (χ1) is 9.56. The molecule has 0 saturated heterocycles. The van der Waals surface area contributed by atoms with E-state index in [2.05, 4.69) is 17.6 Å². The predicted molar refractivity (Wildman–Crippen MR) is 82.9 cm³/mol. The minimum atomic E-state index is -0.0590. The molecular formula is C16H24ClN2O+. The van der Waals surface area contributed by atoms with E-state index in [1.54, 1.807) is 12.1 Å². The Morgan fingerprint density at radius 1 is 1.30 bits per heavy atom. The molecule has 1 aliphatic rings. The van der Waals surface area contributed by atoms with Crippen LogP contribution >= 0.6 is 11.6 Å². The zero-order chi connectivity index (χ0) is 14.5. The molecule has 0 heterocycles. The largest absolute Gasteiger partial charge is 0.334 e. The summed E-state index contributed by atoms with van der Waals surface area (Å²) >= 11 is 5.84. The highest BCUT2D eigenvalue weighted by Gasteiger charge is 2.28.